The summed E-state index contributed by atoms with van der Waals surface area (Å²) >= 11 is 5.95. The molecular weight excluding hydrogens is 593 g/mol. The molecule has 1 N–H and O–H groups in total. The van der Waals surface area contributed by atoms with Crippen molar-refractivity contribution in [2.75, 3.05) is 17.7 Å². The molecule has 0 bridgehead atoms. The SMILES string of the molecule is C[C@]1(C(=O)NC2CC(S(C)(=O)=O)C2)[C@H](c2ccc(N3C[C@@](C)(C(F)(F)F)c4c3cnc3cc(Cl)nn43)cc2)C1(F)F. The summed E-state index contributed by atoms with van der Waals surface area (Å²) in [6.45, 7) is 1.72. The quantitative estimate of drug-likeness (QED) is 0.414. The lowest BCUT2D eigenvalue weighted by Gasteiger charge is -2.35. The minimum Gasteiger partial charge on any atom is -0.353 e. The number of hydrogen-bond acceptors (Lipinski definition) is 6. The van der Waals surface area contributed by atoms with Gasteiger partial charge in [-0.15, -0.1) is 0 Å². The van der Waals surface area contributed by atoms with Crippen LogP contribution < -0.4 is 10.2 Å². The summed E-state index contributed by atoms with van der Waals surface area (Å²) in [6, 6.07) is 6.51. The first-order valence-corrected chi connectivity index (χ1v) is 15.1. The van der Waals surface area contributed by atoms with Crippen LogP contribution >= 0.6 is 11.6 Å². The number of nitrogens with one attached hydrogen (secondary N) is 1. The predicted octanol–water partition coefficient (Wildman–Crippen LogP) is 4.79. The number of rotatable bonds is 5. The number of alkyl halides is 5. The second-order valence-corrected chi connectivity index (χ2v) is 14.3. The van der Waals surface area contributed by atoms with Crippen molar-refractivity contribution in [3.8, 4) is 0 Å². The summed E-state index contributed by atoms with van der Waals surface area (Å²) in [4.78, 5) is 18.5. The molecular formula is C26H25ClF5N5O3S. The molecule has 1 amide bonds. The number of carbonyl (C=O) groups excluding carboxylic acids is 1. The van der Waals surface area contributed by atoms with Crippen molar-refractivity contribution in [1.82, 2.24) is 19.9 Å². The van der Waals surface area contributed by atoms with Gasteiger partial charge in [-0.2, -0.15) is 18.3 Å². The Hall–Kier alpha value is -3.00. The normalized spacial score (nSPS) is 30.7. The fourth-order valence-electron chi connectivity index (χ4n) is 6.11. The van der Waals surface area contributed by atoms with Gasteiger partial charge < -0.3 is 10.2 Å². The second kappa shape index (κ2) is 8.52. The van der Waals surface area contributed by atoms with Crippen LogP contribution in [0, 0.1) is 5.41 Å². The van der Waals surface area contributed by atoms with Crippen LogP contribution in [0.1, 0.15) is 43.9 Å². The van der Waals surface area contributed by atoms with Crippen molar-refractivity contribution < 1.29 is 35.2 Å². The summed E-state index contributed by atoms with van der Waals surface area (Å²) in [5, 5.41) is 5.95. The average molecular weight is 618 g/mol. The lowest BCUT2D eigenvalue weighted by molar-refractivity contribution is -0.181. The van der Waals surface area contributed by atoms with Gasteiger partial charge in [-0.1, -0.05) is 23.7 Å². The number of aromatic nitrogens is 3. The fourth-order valence-corrected chi connectivity index (χ4v) is 7.45. The Bertz CT molecular complexity index is 1690. The first-order chi connectivity index (χ1) is 18.9. The Balaban J connectivity index is 1.26. The van der Waals surface area contributed by atoms with E-state index in [0.29, 0.717) is 5.69 Å². The van der Waals surface area contributed by atoms with Gasteiger partial charge in [0.2, 0.25) is 5.91 Å². The van der Waals surface area contributed by atoms with Crippen LogP contribution in [0.5, 0.6) is 0 Å². The standard InChI is InChI=1S/C26H25ClF5N5O3S/c1-23(26(30,31)32)12-36(17-11-33-19-10-18(27)35-37(19)21(17)23)15-6-4-13(5-7-15)20-24(2,25(20,28)29)22(38)34-14-8-16(9-14)41(3,39)40/h4-7,10-11,14,16,20H,8-9,12H2,1-3H3,(H,34,38)/t14?,16?,20-,23+,24+/m0/s1. The largest absolute Gasteiger partial charge is 0.401 e. The van der Waals surface area contributed by atoms with Crippen LogP contribution in [-0.4, -0.2) is 65.1 Å². The van der Waals surface area contributed by atoms with Crippen molar-refractivity contribution >= 4 is 44.4 Å². The third-order valence-corrected chi connectivity index (χ3v) is 10.7. The Kier molecular flexibility index (Phi) is 5.85. The minimum absolute atomic E-state index is 0.0109. The van der Waals surface area contributed by atoms with E-state index in [4.69, 9.17) is 11.6 Å². The van der Waals surface area contributed by atoms with Crippen LogP contribution in [0.3, 0.4) is 0 Å². The number of sulfone groups is 1. The number of fused-ring (bicyclic) bond motifs is 3. The first-order valence-electron chi connectivity index (χ1n) is 12.8. The molecule has 2 saturated carbocycles. The lowest BCUT2D eigenvalue weighted by atomic mass is 9.87. The number of carbonyl (C=O) groups is 1. The van der Waals surface area contributed by atoms with Gasteiger partial charge in [-0.05, 0) is 44.4 Å². The summed E-state index contributed by atoms with van der Waals surface area (Å²) < 4.78 is 97.7. The molecule has 3 atom stereocenters. The summed E-state index contributed by atoms with van der Waals surface area (Å²) in [5.41, 5.74) is -3.74. The van der Waals surface area contributed by atoms with E-state index in [1.54, 1.807) is 0 Å². The number of nitrogens with zero attached hydrogens (tertiary/aromatic N) is 4. The maximum Gasteiger partial charge on any atom is 0.401 e. The highest BCUT2D eigenvalue weighted by molar-refractivity contribution is 7.91. The van der Waals surface area contributed by atoms with Gasteiger partial charge in [0.15, 0.2) is 10.8 Å². The van der Waals surface area contributed by atoms with Gasteiger partial charge in [0.1, 0.15) is 20.7 Å². The minimum atomic E-state index is -4.66. The van der Waals surface area contributed by atoms with E-state index in [2.05, 4.69) is 15.4 Å². The molecule has 2 aromatic heterocycles. The van der Waals surface area contributed by atoms with Crippen LogP contribution in [0.25, 0.3) is 5.65 Å². The molecule has 3 aliphatic rings. The molecule has 41 heavy (non-hydrogen) atoms. The number of amides is 1. The highest BCUT2D eigenvalue weighted by Gasteiger charge is 2.82. The molecule has 220 valence electrons. The third-order valence-electron chi connectivity index (χ3n) is 8.94. The Morgan fingerprint density at radius 2 is 1.78 bits per heavy atom. The number of hydrogen-bond donors (Lipinski definition) is 1. The van der Waals surface area contributed by atoms with Gasteiger partial charge in [-0.25, -0.2) is 26.7 Å². The predicted molar refractivity (Wildman–Crippen MR) is 140 cm³/mol. The maximum atomic E-state index is 15.1. The summed E-state index contributed by atoms with van der Waals surface area (Å²) in [5.74, 6) is -5.69. The molecule has 1 aromatic carbocycles. The average Bonchev–Trinajstić information content (AvgIpc) is 3.12. The molecule has 3 heterocycles. The molecule has 8 nitrogen and oxygen atoms in total. The zero-order chi connectivity index (χ0) is 29.9. The molecule has 6 rings (SSSR count). The second-order valence-electron chi connectivity index (χ2n) is 11.6. The molecule has 0 unspecified atom stereocenters. The number of benzene rings is 1. The van der Waals surface area contributed by atoms with E-state index in [-0.39, 0.29) is 40.6 Å². The Morgan fingerprint density at radius 1 is 1.15 bits per heavy atom. The van der Waals surface area contributed by atoms with Crippen LogP contribution in [0.4, 0.5) is 33.3 Å². The van der Waals surface area contributed by atoms with E-state index in [0.717, 1.165) is 24.6 Å². The molecule has 15 heteroatoms. The monoisotopic (exact) mass is 617 g/mol. The van der Waals surface area contributed by atoms with E-state index in [1.807, 2.05) is 0 Å². The van der Waals surface area contributed by atoms with Gasteiger partial charge in [0.05, 0.1) is 28.7 Å². The molecule has 0 spiro atoms. The molecule has 1 aliphatic heterocycles. The van der Waals surface area contributed by atoms with E-state index in [9.17, 15) is 26.4 Å². The highest BCUT2D eigenvalue weighted by Crippen LogP contribution is 2.71. The van der Waals surface area contributed by atoms with Crippen molar-refractivity contribution in [2.45, 2.75) is 61.4 Å². The van der Waals surface area contributed by atoms with E-state index >= 15 is 8.78 Å². The first kappa shape index (κ1) is 28.1. The maximum absolute atomic E-state index is 15.1. The molecule has 0 saturated heterocycles. The zero-order valence-corrected chi connectivity index (χ0v) is 23.6. The Labute approximate surface area is 236 Å². The third kappa shape index (κ3) is 3.96. The van der Waals surface area contributed by atoms with Crippen molar-refractivity contribution in [2.24, 2.45) is 5.41 Å². The molecule has 2 aliphatic carbocycles. The van der Waals surface area contributed by atoms with Crippen molar-refractivity contribution in [3.63, 3.8) is 0 Å². The molecule has 2 fully saturated rings. The summed E-state index contributed by atoms with van der Waals surface area (Å²) in [7, 11) is -3.27. The van der Waals surface area contributed by atoms with Crippen molar-refractivity contribution in [1.29, 1.82) is 0 Å². The zero-order valence-electron chi connectivity index (χ0n) is 22.0. The lowest BCUT2D eigenvalue weighted by Crippen LogP contribution is -2.51. The topological polar surface area (TPSA) is 96.7 Å². The number of anilines is 2. The van der Waals surface area contributed by atoms with Gasteiger partial charge in [-0.3, -0.25) is 4.79 Å². The van der Waals surface area contributed by atoms with Crippen LogP contribution in [0.2, 0.25) is 5.15 Å². The molecule has 3 aromatic rings. The van der Waals surface area contributed by atoms with Crippen molar-refractivity contribution in [3.05, 3.63) is 52.9 Å². The van der Waals surface area contributed by atoms with Crippen LogP contribution in [-0.2, 0) is 20.0 Å². The van der Waals surface area contributed by atoms with Gasteiger partial charge in [0, 0.05) is 30.6 Å². The van der Waals surface area contributed by atoms with Gasteiger partial charge in [0.25, 0.3) is 5.92 Å². The van der Waals surface area contributed by atoms with E-state index in [1.165, 1.54) is 41.4 Å². The summed E-state index contributed by atoms with van der Waals surface area (Å²) in [6.07, 6.45) is -1.91. The van der Waals surface area contributed by atoms with E-state index < -0.39 is 62.4 Å². The number of halogens is 6. The van der Waals surface area contributed by atoms with Crippen LogP contribution in [0.15, 0.2) is 36.5 Å². The highest BCUT2D eigenvalue weighted by atomic mass is 35.5. The van der Waals surface area contributed by atoms with Gasteiger partial charge >= 0.3 is 6.18 Å². The molecule has 0 radical (unpaired) electrons. The fraction of sp³-hybridized carbons (Fsp3) is 0.500. The smallest absolute Gasteiger partial charge is 0.353 e. The Morgan fingerprint density at radius 3 is 2.37 bits per heavy atom.